The molecule has 0 spiro atoms. The molecule has 0 fully saturated rings. The van der Waals surface area contributed by atoms with Gasteiger partial charge in [0.1, 0.15) is 0 Å². The summed E-state index contributed by atoms with van der Waals surface area (Å²) in [5.74, 6) is -1.25. The molecule has 1 aliphatic rings. The fourth-order valence-corrected chi connectivity index (χ4v) is 2.02. The van der Waals surface area contributed by atoms with Gasteiger partial charge in [0.15, 0.2) is 23.1 Å². The van der Waals surface area contributed by atoms with Crippen molar-refractivity contribution in [2.75, 3.05) is 17.0 Å². The minimum absolute atomic E-state index is 0.0153. The van der Waals surface area contributed by atoms with E-state index in [0.717, 1.165) is 17.0 Å². The van der Waals surface area contributed by atoms with Crippen LogP contribution in [0.25, 0.3) is 0 Å². The number of hydrogen-bond donors (Lipinski definition) is 1. The third-order valence-corrected chi connectivity index (χ3v) is 3.13. The lowest BCUT2D eigenvalue weighted by atomic mass is 10.2. The lowest BCUT2D eigenvalue weighted by Crippen LogP contribution is -2.33. The van der Waals surface area contributed by atoms with Crippen LogP contribution in [0, 0.1) is 11.6 Å². The van der Waals surface area contributed by atoms with Crippen molar-refractivity contribution in [2.45, 2.75) is 0 Å². The monoisotopic (exact) mass is 320 g/mol. The van der Waals surface area contributed by atoms with Crippen LogP contribution in [0.5, 0.6) is 11.5 Å². The Morgan fingerprint density at radius 1 is 1.09 bits per heavy atom. The maximum Gasteiger partial charge on any atom is 0.332 e. The number of imide groups is 1. The predicted molar refractivity (Wildman–Crippen MR) is 76.5 cm³/mol. The van der Waals surface area contributed by atoms with E-state index in [-0.39, 0.29) is 18.2 Å². The molecule has 23 heavy (non-hydrogen) atoms. The average molecular weight is 320 g/mol. The lowest BCUT2D eigenvalue weighted by Gasteiger charge is -2.17. The van der Waals surface area contributed by atoms with Gasteiger partial charge in [-0.05, 0) is 24.3 Å². The summed E-state index contributed by atoms with van der Waals surface area (Å²) in [4.78, 5) is 24.1. The maximum atomic E-state index is 13.1. The van der Waals surface area contributed by atoms with Gasteiger partial charge in [-0.1, -0.05) is 0 Å². The van der Waals surface area contributed by atoms with Gasteiger partial charge >= 0.3 is 6.03 Å². The Balaban J connectivity index is 1.81. The Morgan fingerprint density at radius 2 is 1.87 bits per heavy atom. The van der Waals surface area contributed by atoms with Gasteiger partial charge in [0.05, 0.1) is 5.69 Å². The van der Waals surface area contributed by atoms with Crippen molar-refractivity contribution in [2.24, 2.45) is 0 Å². The summed E-state index contributed by atoms with van der Waals surface area (Å²) in [6, 6.07) is 6.55. The fourth-order valence-electron chi connectivity index (χ4n) is 2.02. The van der Waals surface area contributed by atoms with E-state index in [1.165, 1.54) is 18.2 Å². The van der Waals surface area contributed by atoms with Crippen molar-refractivity contribution in [3.8, 4) is 11.5 Å². The lowest BCUT2D eigenvalue weighted by molar-refractivity contribution is -0.106. The van der Waals surface area contributed by atoms with Gasteiger partial charge in [-0.15, -0.1) is 0 Å². The number of amides is 3. The molecule has 1 heterocycles. The molecule has 3 amide bonds. The zero-order valence-corrected chi connectivity index (χ0v) is 11.6. The van der Waals surface area contributed by atoms with E-state index < -0.39 is 17.7 Å². The molecule has 1 aliphatic heterocycles. The number of hydrogen-bond acceptors (Lipinski definition) is 4. The van der Waals surface area contributed by atoms with Gasteiger partial charge in [-0.25, -0.2) is 18.5 Å². The van der Waals surface area contributed by atoms with Crippen molar-refractivity contribution in [3.63, 3.8) is 0 Å². The Morgan fingerprint density at radius 3 is 2.61 bits per heavy atom. The average Bonchev–Trinajstić information content (AvgIpc) is 2.99. The Bertz CT molecular complexity index is 782. The highest BCUT2D eigenvalue weighted by atomic mass is 19.2. The van der Waals surface area contributed by atoms with E-state index in [4.69, 9.17) is 9.47 Å². The summed E-state index contributed by atoms with van der Waals surface area (Å²) >= 11 is 0. The molecule has 0 unspecified atom stereocenters. The van der Waals surface area contributed by atoms with Crippen LogP contribution in [0.3, 0.4) is 0 Å². The second-order valence-corrected chi connectivity index (χ2v) is 4.57. The van der Waals surface area contributed by atoms with Crippen LogP contribution in [0.1, 0.15) is 0 Å². The Labute approximate surface area is 129 Å². The minimum Gasteiger partial charge on any atom is -0.454 e. The van der Waals surface area contributed by atoms with Crippen LogP contribution in [-0.2, 0) is 4.79 Å². The van der Waals surface area contributed by atoms with Gasteiger partial charge in [-0.3, -0.25) is 4.79 Å². The molecule has 8 heteroatoms. The van der Waals surface area contributed by atoms with Crippen LogP contribution in [0.15, 0.2) is 36.4 Å². The zero-order valence-electron chi connectivity index (χ0n) is 11.6. The number of nitrogens with one attached hydrogen (secondary N) is 1. The van der Waals surface area contributed by atoms with Crippen LogP contribution >= 0.6 is 0 Å². The molecular formula is C15H10F2N2O4. The molecule has 0 aromatic heterocycles. The molecule has 0 aliphatic carbocycles. The number of fused-ring (bicyclic) bond motifs is 1. The number of ether oxygens (including phenoxy) is 2. The first kappa shape index (κ1) is 14.8. The molecule has 0 bridgehead atoms. The first-order chi connectivity index (χ1) is 11.1. The number of rotatable bonds is 3. The standard InChI is InChI=1S/C15H10F2N2O4/c16-11-3-1-9(5-12(11)17)18-15(21)19(7-20)10-2-4-13-14(6-10)23-8-22-13/h1-7H,8H2,(H,18,21). The van der Waals surface area contributed by atoms with Crippen LogP contribution < -0.4 is 19.7 Å². The summed E-state index contributed by atoms with van der Waals surface area (Å²) in [6.07, 6.45) is 0.298. The molecule has 0 radical (unpaired) electrons. The van der Waals surface area contributed by atoms with Gasteiger partial charge < -0.3 is 14.8 Å². The van der Waals surface area contributed by atoms with Gasteiger partial charge in [-0.2, -0.15) is 0 Å². The van der Waals surface area contributed by atoms with E-state index in [9.17, 15) is 18.4 Å². The second-order valence-electron chi connectivity index (χ2n) is 4.57. The number of anilines is 2. The van der Waals surface area contributed by atoms with Gasteiger partial charge in [0.2, 0.25) is 13.2 Å². The third kappa shape index (κ3) is 2.91. The zero-order chi connectivity index (χ0) is 16.4. The summed E-state index contributed by atoms with van der Waals surface area (Å²) in [6.45, 7) is 0.0565. The first-order valence-electron chi connectivity index (χ1n) is 6.48. The molecule has 6 nitrogen and oxygen atoms in total. The number of benzene rings is 2. The highest BCUT2D eigenvalue weighted by Gasteiger charge is 2.20. The van der Waals surface area contributed by atoms with Crippen molar-refractivity contribution >= 4 is 23.8 Å². The minimum atomic E-state index is -1.11. The SMILES string of the molecule is O=CN(C(=O)Nc1ccc(F)c(F)c1)c1ccc2c(c1)OCO2. The van der Waals surface area contributed by atoms with E-state index >= 15 is 0 Å². The summed E-state index contributed by atoms with van der Waals surface area (Å²) in [5, 5.41) is 2.30. The highest BCUT2D eigenvalue weighted by Crippen LogP contribution is 2.35. The van der Waals surface area contributed by atoms with Crippen molar-refractivity contribution in [3.05, 3.63) is 48.0 Å². The fraction of sp³-hybridized carbons (Fsp3) is 0.0667. The van der Waals surface area contributed by atoms with Crippen LogP contribution in [-0.4, -0.2) is 19.2 Å². The van der Waals surface area contributed by atoms with E-state index in [2.05, 4.69) is 5.32 Å². The largest absolute Gasteiger partial charge is 0.454 e. The number of carbonyl (C=O) groups is 2. The number of urea groups is 1. The molecule has 0 atom stereocenters. The second kappa shape index (κ2) is 5.91. The molecule has 0 saturated carbocycles. The highest BCUT2D eigenvalue weighted by molar-refractivity contribution is 6.12. The van der Waals surface area contributed by atoms with E-state index in [1.54, 1.807) is 6.07 Å². The van der Waals surface area contributed by atoms with Crippen molar-refractivity contribution < 1.29 is 27.8 Å². The smallest absolute Gasteiger partial charge is 0.332 e. The van der Waals surface area contributed by atoms with E-state index in [1.807, 2.05) is 0 Å². The topological polar surface area (TPSA) is 67.9 Å². The number of carbonyl (C=O) groups excluding carboxylic acids is 2. The van der Waals surface area contributed by atoms with Gasteiger partial charge in [0.25, 0.3) is 0 Å². The molecule has 3 rings (SSSR count). The summed E-state index contributed by atoms with van der Waals surface area (Å²) in [5.41, 5.74) is 0.255. The van der Waals surface area contributed by atoms with E-state index in [0.29, 0.717) is 17.9 Å². The normalized spacial score (nSPS) is 11.9. The predicted octanol–water partition coefficient (Wildman–Crippen LogP) is 2.89. The summed E-state index contributed by atoms with van der Waals surface area (Å²) < 4.78 is 36.3. The van der Waals surface area contributed by atoms with Gasteiger partial charge in [0, 0.05) is 17.8 Å². The Kier molecular flexibility index (Phi) is 3.80. The molecule has 0 saturated heterocycles. The van der Waals surface area contributed by atoms with Crippen LogP contribution in [0.4, 0.5) is 25.0 Å². The maximum absolute atomic E-state index is 13.1. The quantitative estimate of drug-likeness (QED) is 0.883. The Hall–Kier alpha value is -3.16. The molecule has 118 valence electrons. The third-order valence-electron chi connectivity index (χ3n) is 3.13. The molecular weight excluding hydrogens is 310 g/mol. The number of halogens is 2. The van der Waals surface area contributed by atoms with Crippen LogP contribution in [0.2, 0.25) is 0 Å². The van der Waals surface area contributed by atoms with Crippen molar-refractivity contribution in [1.29, 1.82) is 0 Å². The molecule has 2 aromatic rings. The summed E-state index contributed by atoms with van der Waals surface area (Å²) in [7, 11) is 0. The first-order valence-corrected chi connectivity index (χ1v) is 6.48. The number of nitrogens with zero attached hydrogens (tertiary/aromatic N) is 1. The molecule has 1 N–H and O–H groups in total. The van der Waals surface area contributed by atoms with Crippen molar-refractivity contribution in [1.82, 2.24) is 0 Å². The molecule has 2 aromatic carbocycles.